The zero-order valence-corrected chi connectivity index (χ0v) is 15.3. The molecule has 2 aromatic rings. The molecular weight excluding hydrogens is 346 g/mol. The van der Waals surface area contributed by atoms with Crippen LogP contribution in [0.15, 0.2) is 28.7 Å². The summed E-state index contributed by atoms with van der Waals surface area (Å²) in [6.45, 7) is 1.49. The van der Waals surface area contributed by atoms with Gasteiger partial charge in [0, 0.05) is 25.0 Å². The SMILES string of the molecule is O=C(O)C1CCC(NC(=O)C2CCN(c3nc4ccccc4o3)CC2)CC1. The van der Waals surface area contributed by atoms with Gasteiger partial charge in [0.2, 0.25) is 5.91 Å². The van der Waals surface area contributed by atoms with Crippen LogP contribution in [0.1, 0.15) is 38.5 Å². The van der Waals surface area contributed by atoms with Gasteiger partial charge in [-0.3, -0.25) is 9.59 Å². The number of amides is 1. The van der Waals surface area contributed by atoms with Gasteiger partial charge in [-0.1, -0.05) is 12.1 Å². The summed E-state index contributed by atoms with van der Waals surface area (Å²) in [4.78, 5) is 30.2. The molecular formula is C20H25N3O4. The Morgan fingerprint density at radius 3 is 2.41 bits per heavy atom. The van der Waals surface area contributed by atoms with Crippen molar-refractivity contribution in [2.24, 2.45) is 11.8 Å². The number of hydrogen-bond donors (Lipinski definition) is 2. The first-order chi connectivity index (χ1) is 13.1. The molecule has 1 saturated heterocycles. The molecule has 0 unspecified atom stereocenters. The lowest BCUT2D eigenvalue weighted by Crippen LogP contribution is -2.45. The minimum atomic E-state index is -0.716. The van der Waals surface area contributed by atoms with Gasteiger partial charge in [-0.15, -0.1) is 0 Å². The molecule has 7 nitrogen and oxygen atoms in total. The number of aromatic nitrogens is 1. The second-order valence-electron chi connectivity index (χ2n) is 7.62. The molecule has 1 aliphatic carbocycles. The molecule has 0 radical (unpaired) electrons. The van der Waals surface area contributed by atoms with Crippen LogP contribution in [0.3, 0.4) is 0 Å². The Labute approximate surface area is 157 Å². The predicted molar refractivity (Wildman–Crippen MR) is 100 cm³/mol. The van der Waals surface area contributed by atoms with Crippen molar-refractivity contribution in [1.82, 2.24) is 10.3 Å². The Kier molecular flexibility index (Phi) is 5.01. The molecule has 2 aliphatic rings. The normalized spacial score (nSPS) is 24.1. The zero-order chi connectivity index (χ0) is 18.8. The average Bonchev–Trinajstić information content (AvgIpc) is 3.13. The number of carboxylic acids is 1. The van der Waals surface area contributed by atoms with Crippen LogP contribution < -0.4 is 10.2 Å². The van der Waals surface area contributed by atoms with E-state index in [0.29, 0.717) is 18.9 Å². The van der Waals surface area contributed by atoms with Crippen molar-refractivity contribution in [3.63, 3.8) is 0 Å². The second-order valence-corrected chi connectivity index (χ2v) is 7.62. The van der Waals surface area contributed by atoms with Crippen molar-refractivity contribution < 1.29 is 19.1 Å². The fourth-order valence-electron chi connectivity index (χ4n) is 4.13. The summed E-state index contributed by atoms with van der Waals surface area (Å²) >= 11 is 0. The first-order valence-corrected chi connectivity index (χ1v) is 9.74. The first-order valence-electron chi connectivity index (χ1n) is 9.74. The number of benzene rings is 1. The van der Waals surface area contributed by atoms with E-state index >= 15 is 0 Å². The summed E-state index contributed by atoms with van der Waals surface area (Å²) in [6, 6.07) is 8.45. The van der Waals surface area contributed by atoms with E-state index in [2.05, 4.69) is 15.2 Å². The van der Waals surface area contributed by atoms with Crippen molar-refractivity contribution >= 4 is 29.0 Å². The summed E-state index contributed by atoms with van der Waals surface area (Å²) in [6.07, 6.45) is 4.35. The number of nitrogens with zero attached hydrogens (tertiary/aromatic N) is 2. The summed E-state index contributed by atoms with van der Waals surface area (Å²) in [7, 11) is 0. The Bertz CT molecular complexity index is 784. The van der Waals surface area contributed by atoms with Crippen LogP contribution in [0.2, 0.25) is 0 Å². The highest BCUT2D eigenvalue weighted by atomic mass is 16.4. The molecule has 144 valence electrons. The molecule has 2 N–H and O–H groups in total. The van der Waals surface area contributed by atoms with Crippen LogP contribution >= 0.6 is 0 Å². The molecule has 1 aromatic heterocycles. The third-order valence-electron chi connectivity index (χ3n) is 5.84. The summed E-state index contributed by atoms with van der Waals surface area (Å²) in [5.74, 6) is -0.863. The highest BCUT2D eigenvalue weighted by molar-refractivity contribution is 5.79. The van der Waals surface area contributed by atoms with Crippen LogP contribution in [0.25, 0.3) is 11.1 Å². The van der Waals surface area contributed by atoms with Gasteiger partial charge in [-0.05, 0) is 50.7 Å². The van der Waals surface area contributed by atoms with Gasteiger partial charge >= 0.3 is 5.97 Å². The lowest BCUT2D eigenvalue weighted by atomic mass is 9.85. The standard InChI is InChI=1S/C20H25N3O4/c24-18(21-15-7-5-14(6-8-15)19(25)26)13-9-11-23(12-10-13)20-22-16-3-1-2-4-17(16)27-20/h1-4,13-15H,5-12H2,(H,21,24)(H,25,26). The van der Waals surface area contributed by atoms with Crippen molar-refractivity contribution in [2.45, 2.75) is 44.6 Å². The van der Waals surface area contributed by atoms with E-state index in [1.807, 2.05) is 24.3 Å². The van der Waals surface area contributed by atoms with Gasteiger partial charge in [0.15, 0.2) is 5.58 Å². The lowest BCUT2D eigenvalue weighted by Gasteiger charge is -2.32. The molecule has 0 bridgehead atoms. The van der Waals surface area contributed by atoms with Crippen LogP contribution in [0.4, 0.5) is 6.01 Å². The minimum Gasteiger partial charge on any atom is -0.481 e. The number of anilines is 1. The van der Waals surface area contributed by atoms with Gasteiger partial charge in [-0.2, -0.15) is 4.98 Å². The maximum Gasteiger partial charge on any atom is 0.306 e. The Balaban J connectivity index is 1.27. The number of oxazole rings is 1. The molecule has 1 aliphatic heterocycles. The van der Waals surface area contributed by atoms with E-state index in [-0.39, 0.29) is 23.8 Å². The molecule has 27 heavy (non-hydrogen) atoms. The van der Waals surface area contributed by atoms with Crippen molar-refractivity contribution in [3.8, 4) is 0 Å². The largest absolute Gasteiger partial charge is 0.481 e. The van der Waals surface area contributed by atoms with Crippen LogP contribution in [0.5, 0.6) is 0 Å². The third-order valence-corrected chi connectivity index (χ3v) is 5.84. The van der Waals surface area contributed by atoms with Gasteiger partial charge in [0.25, 0.3) is 6.01 Å². The van der Waals surface area contributed by atoms with Crippen molar-refractivity contribution in [2.75, 3.05) is 18.0 Å². The number of carbonyl (C=O) groups is 2. The molecule has 0 spiro atoms. The maximum absolute atomic E-state index is 12.6. The van der Waals surface area contributed by atoms with Gasteiger partial charge in [0.05, 0.1) is 5.92 Å². The third kappa shape index (κ3) is 3.91. The van der Waals surface area contributed by atoms with Gasteiger partial charge < -0.3 is 19.7 Å². The quantitative estimate of drug-likeness (QED) is 0.858. The molecule has 1 amide bonds. The number of para-hydroxylation sites is 2. The van der Waals surface area contributed by atoms with Gasteiger partial charge in [-0.25, -0.2) is 0 Å². The monoisotopic (exact) mass is 371 g/mol. The molecule has 0 atom stereocenters. The fourth-order valence-corrected chi connectivity index (χ4v) is 4.13. The number of hydrogen-bond acceptors (Lipinski definition) is 5. The smallest absolute Gasteiger partial charge is 0.306 e. The van der Waals surface area contributed by atoms with Crippen molar-refractivity contribution in [1.29, 1.82) is 0 Å². The number of piperidine rings is 1. The van der Waals surface area contributed by atoms with Crippen LogP contribution in [0, 0.1) is 11.8 Å². The molecule has 2 fully saturated rings. The zero-order valence-electron chi connectivity index (χ0n) is 15.3. The number of carboxylic acid groups (broad SMARTS) is 1. The van der Waals surface area contributed by atoms with E-state index in [4.69, 9.17) is 9.52 Å². The molecule has 7 heteroatoms. The lowest BCUT2D eigenvalue weighted by molar-refractivity contribution is -0.142. The topological polar surface area (TPSA) is 95.7 Å². The van der Waals surface area contributed by atoms with E-state index in [1.54, 1.807) is 0 Å². The second kappa shape index (κ2) is 7.58. The summed E-state index contributed by atoms with van der Waals surface area (Å²) in [5, 5.41) is 12.2. The van der Waals surface area contributed by atoms with Crippen LogP contribution in [-0.2, 0) is 9.59 Å². The summed E-state index contributed by atoms with van der Waals surface area (Å²) in [5.41, 5.74) is 1.63. The Morgan fingerprint density at radius 2 is 1.74 bits per heavy atom. The predicted octanol–water partition coefficient (Wildman–Crippen LogP) is 2.80. The minimum absolute atomic E-state index is 0.00262. The summed E-state index contributed by atoms with van der Waals surface area (Å²) < 4.78 is 5.82. The van der Waals surface area contributed by atoms with E-state index in [9.17, 15) is 9.59 Å². The van der Waals surface area contributed by atoms with E-state index in [0.717, 1.165) is 49.9 Å². The number of aliphatic carboxylic acids is 1. The highest BCUT2D eigenvalue weighted by Gasteiger charge is 2.31. The highest BCUT2D eigenvalue weighted by Crippen LogP contribution is 2.28. The Morgan fingerprint density at radius 1 is 1.04 bits per heavy atom. The number of carbonyl (C=O) groups excluding carboxylic acids is 1. The van der Waals surface area contributed by atoms with Gasteiger partial charge in [0.1, 0.15) is 5.52 Å². The van der Waals surface area contributed by atoms with Crippen molar-refractivity contribution in [3.05, 3.63) is 24.3 Å². The molecule has 1 aromatic carbocycles. The fraction of sp³-hybridized carbons (Fsp3) is 0.550. The number of rotatable bonds is 4. The van der Waals surface area contributed by atoms with E-state index < -0.39 is 5.97 Å². The number of fused-ring (bicyclic) bond motifs is 1. The van der Waals surface area contributed by atoms with E-state index in [1.165, 1.54) is 0 Å². The molecule has 4 rings (SSSR count). The molecule has 2 heterocycles. The molecule has 1 saturated carbocycles. The maximum atomic E-state index is 12.6. The van der Waals surface area contributed by atoms with Crippen LogP contribution in [-0.4, -0.2) is 41.1 Å². The average molecular weight is 371 g/mol. The first kappa shape index (κ1) is 17.8. The Hall–Kier alpha value is -2.57. The number of nitrogens with one attached hydrogen (secondary N) is 1.